The maximum Gasteiger partial charge on any atom is 0.246 e. The molecule has 0 N–H and O–H groups in total. The lowest BCUT2D eigenvalue weighted by molar-refractivity contribution is -0.122. The van der Waals surface area contributed by atoms with Crippen molar-refractivity contribution < 1.29 is 19.0 Å². The average molecular weight is 424 g/mol. The van der Waals surface area contributed by atoms with Gasteiger partial charge in [-0.05, 0) is 29.3 Å². The number of nitrogens with zero attached hydrogens (tertiary/aromatic N) is 3. The highest BCUT2D eigenvalue weighted by molar-refractivity contribution is 6.28. The number of halogens is 1. The minimum absolute atomic E-state index is 0.0311. The van der Waals surface area contributed by atoms with E-state index in [1.165, 1.54) is 0 Å². The van der Waals surface area contributed by atoms with Gasteiger partial charge in [0.1, 0.15) is 31.0 Å². The molecule has 3 aromatic rings. The highest BCUT2D eigenvalue weighted by Crippen LogP contribution is 2.54. The van der Waals surface area contributed by atoms with Crippen LogP contribution in [0.25, 0.3) is 0 Å². The van der Waals surface area contributed by atoms with E-state index in [-0.39, 0.29) is 12.5 Å². The van der Waals surface area contributed by atoms with Crippen molar-refractivity contribution in [1.29, 1.82) is 0 Å². The van der Waals surface area contributed by atoms with Gasteiger partial charge in [-0.1, -0.05) is 18.2 Å². The van der Waals surface area contributed by atoms with Crippen LogP contribution in [0.4, 0.5) is 5.69 Å². The summed E-state index contributed by atoms with van der Waals surface area (Å²) in [5.74, 6) is 1.92. The number of fused-ring (bicyclic) bond motifs is 5. The molecule has 1 amide bonds. The zero-order valence-corrected chi connectivity index (χ0v) is 17.0. The second kappa shape index (κ2) is 6.15. The minimum atomic E-state index is -0.913. The Bertz CT molecular complexity index is 1210. The van der Waals surface area contributed by atoms with Gasteiger partial charge < -0.3 is 23.7 Å². The van der Waals surface area contributed by atoms with Crippen LogP contribution in [-0.2, 0) is 23.8 Å². The molecular formula is C22H18ClN3O4. The third kappa shape index (κ3) is 2.21. The van der Waals surface area contributed by atoms with Gasteiger partial charge in [0, 0.05) is 24.4 Å². The number of aromatic nitrogens is 2. The van der Waals surface area contributed by atoms with Crippen molar-refractivity contribution in [3.8, 4) is 17.2 Å². The quantitative estimate of drug-likeness (QED) is 0.633. The van der Waals surface area contributed by atoms with Gasteiger partial charge in [0.05, 0.1) is 18.4 Å². The molecule has 0 bridgehead atoms. The van der Waals surface area contributed by atoms with Crippen molar-refractivity contribution in [2.45, 2.75) is 12.0 Å². The van der Waals surface area contributed by atoms with Crippen LogP contribution >= 0.6 is 11.6 Å². The second-order valence-corrected chi connectivity index (χ2v) is 8.01. The van der Waals surface area contributed by atoms with Crippen molar-refractivity contribution in [3.05, 3.63) is 64.7 Å². The van der Waals surface area contributed by atoms with Gasteiger partial charge in [-0.25, -0.2) is 4.98 Å². The highest BCUT2D eigenvalue weighted by Gasteiger charge is 2.57. The third-order valence-electron chi connectivity index (χ3n) is 6.16. The van der Waals surface area contributed by atoms with Crippen LogP contribution in [0, 0.1) is 0 Å². The van der Waals surface area contributed by atoms with Crippen molar-refractivity contribution in [3.63, 3.8) is 0 Å². The van der Waals surface area contributed by atoms with E-state index >= 15 is 0 Å². The third-order valence-corrected chi connectivity index (χ3v) is 6.51. The number of ether oxygens (including phenoxy) is 3. The average Bonchev–Trinajstić information content (AvgIpc) is 3.38. The fourth-order valence-electron chi connectivity index (χ4n) is 4.60. The smallest absolute Gasteiger partial charge is 0.246 e. The highest BCUT2D eigenvalue weighted by atomic mass is 35.5. The number of carbonyl (C=O) groups is 1. The number of hydrogen-bond acceptors (Lipinski definition) is 5. The summed E-state index contributed by atoms with van der Waals surface area (Å²) in [4.78, 5) is 19.9. The number of hydrogen-bond donors (Lipinski definition) is 0. The van der Waals surface area contributed by atoms with Crippen LogP contribution < -0.4 is 19.1 Å². The lowest BCUT2D eigenvalue weighted by Crippen LogP contribution is -2.42. The SMILES string of the molecule is Cn1c(CN2C(=O)C3(COc4cc5c(cc43)OCCO5)c3ccccc32)cnc1Cl. The number of imidazole rings is 1. The van der Waals surface area contributed by atoms with E-state index in [0.717, 1.165) is 22.5 Å². The Kier molecular flexibility index (Phi) is 3.62. The molecule has 3 aliphatic rings. The molecule has 0 saturated carbocycles. The summed E-state index contributed by atoms with van der Waals surface area (Å²) in [6.45, 7) is 1.59. The van der Waals surface area contributed by atoms with Gasteiger partial charge in [0.25, 0.3) is 0 Å². The standard InChI is InChI=1S/C22H18ClN3O4/c1-25-13(10-24-21(25)23)11-26-16-5-3-2-4-14(16)22(20(26)27)12-30-17-9-19-18(8-15(17)22)28-6-7-29-19/h2-5,8-10H,6-7,11-12H2,1H3. The van der Waals surface area contributed by atoms with Gasteiger partial charge in [0.2, 0.25) is 11.2 Å². The van der Waals surface area contributed by atoms with Crippen molar-refractivity contribution in [2.24, 2.45) is 7.05 Å². The molecule has 6 rings (SSSR count). The second-order valence-electron chi connectivity index (χ2n) is 7.67. The molecule has 0 radical (unpaired) electrons. The monoisotopic (exact) mass is 423 g/mol. The largest absolute Gasteiger partial charge is 0.491 e. The zero-order chi connectivity index (χ0) is 20.5. The molecule has 0 fully saturated rings. The summed E-state index contributed by atoms with van der Waals surface area (Å²) in [5, 5.41) is 0.387. The van der Waals surface area contributed by atoms with Crippen LogP contribution in [0.2, 0.25) is 5.28 Å². The molecule has 0 aliphatic carbocycles. The summed E-state index contributed by atoms with van der Waals surface area (Å²) in [7, 11) is 1.84. The first-order valence-corrected chi connectivity index (χ1v) is 10.1. The van der Waals surface area contributed by atoms with Crippen LogP contribution in [-0.4, -0.2) is 35.3 Å². The molecule has 2 aromatic carbocycles. The molecule has 8 heteroatoms. The van der Waals surface area contributed by atoms with Crippen LogP contribution in [0.5, 0.6) is 17.2 Å². The van der Waals surface area contributed by atoms with E-state index in [2.05, 4.69) is 4.98 Å². The van der Waals surface area contributed by atoms with Gasteiger partial charge in [0.15, 0.2) is 11.5 Å². The Labute approximate surface area is 177 Å². The summed E-state index contributed by atoms with van der Waals surface area (Å²) < 4.78 is 19.3. The number of rotatable bonds is 2. The van der Waals surface area contributed by atoms with Crippen LogP contribution in [0.1, 0.15) is 16.8 Å². The van der Waals surface area contributed by atoms with Gasteiger partial charge >= 0.3 is 0 Å². The molecule has 4 heterocycles. The lowest BCUT2D eigenvalue weighted by atomic mass is 9.77. The van der Waals surface area contributed by atoms with E-state index in [1.54, 1.807) is 15.7 Å². The number of carbonyl (C=O) groups excluding carboxylic acids is 1. The van der Waals surface area contributed by atoms with Crippen molar-refractivity contribution in [1.82, 2.24) is 9.55 Å². The molecule has 7 nitrogen and oxygen atoms in total. The molecule has 1 unspecified atom stereocenters. The topological polar surface area (TPSA) is 65.8 Å². The Balaban J connectivity index is 1.50. The van der Waals surface area contributed by atoms with Gasteiger partial charge in [-0.15, -0.1) is 0 Å². The molecule has 152 valence electrons. The maximum atomic E-state index is 14.0. The summed E-state index contributed by atoms with van der Waals surface area (Å²) in [6, 6.07) is 11.6. The molecule has 1 atom stereocenters. The van der Waals surface area contributed by atoms with E-state index in [1.807, 2.05) is 43.4 Å². The summed E-state index contributed by atoms with van der Waals surface area (Å²) in [6.07, 6.45) is 1.70. The number of amides is 1. The molecule has 1 spiro atoms. The number of para-hydroxylation sites is 1. The Hall–Kier alpha value is -3.19. The predicted molar refractivity (Wildman–Crippen MR) is 110 cm³/mol. The first-order valence-electron chi connectivity index (χ1n) is 9.74. The first kappa shape index (κ1) is 17.7. The van der Waals surface area contributed by atoms with Crippen molar-refractivity contribution in [2.75, 3.05) is 24.7 Å². The maximum absolute atomic E-state index is 14.0. The number of benzene rings is 2. The summed E-state index contributed by atoms with van der Waals surface area (Å²) >= 11 is 6.11. The molecule has 30 heavy (non-hydrogen) atoms. The van der Waals surface area contributed by atoms with E-state index in [0.29, 0.717) is 42.3 Å². The van der Waals surface area contributed by atoms with Crippen LogP contribution in [0.3, 0.4) is 0 Å². The Morgan fingerprint density at radius 3 is 2.60 bits per heavy atom. The molecule has 0 saturated heterocycles. The van der Waals surface area contributed by atoms with Gasteiger partial charge in [-0.3, -0.25) is 4.79 Å². The molecular weight excluding hydrogens is 406 g/mol. The molecule has 3 aliphatic heterocycles. The van der Waals surface area contributed by atoms with Crippen LogP contribution in [0.15, 0.2) is 42.6 Å². The van der Waals surface area contributed by atoms with Crippen molar-refractivity contribution >= 4 is 23.2 Å². The minimum Gasteiger partial charge on any atom is -0.491 e. The number of anilines is 1. The fraction of sp³-hybridized carbons (Fsp3) is 0.273. The molecule has 1 aromatic heterocycles. The Morgan fingerprint density at radius 1 is 1.07 bits per heavy atom. The van der Waals surface area contributed by atoms with E-state index in [4.69, 9.17) is 25.8 Å². The van der Waals surface area contributed by atoms with Gasteiger partial charge in [-0.2, -0.15) is 0 Å². The van der Waals surface area contributed by atoms with E-state index < -0.39 is 5.41 Å². The Morgan fingerprint density at radius 2 is 1.83 bits per heavy atom. The fourth-order valence-corrected chi connectivity index (χ4v) is 4.75. The first-order chi connectivity index (χ1) is 14.6. The predicted octanol–water partition coefficient (Wildman–Crippen LogP) is 3.07. The normalized spacial score (nSPS) is 21.0. The lowest BCUT2D eigenvalue weighted by Gasteiger charge is -2.24. The summed E-state index contributed by atoms with van der Waals surface area (Å²) in [5.41, 5.74) is 2.55. The van der Waals surface area contributed by atoms with E-state index in [9.17, 15) is 4.79 Å². The zero-order valence-electron chi connectivity index (χ0n) is 16.2.